The zero-order chi connectivity index (χ0) is 12.2. The van der Waals surface area contributed by atoms with Crippen molar-refractivity contribution in [1.29, 1.82) is 0 Å². The van der Waals surface area contributed by atoms with Crippen LogP contribution >= 0.6 is 0 Å². The van der Waals surface area contributed by atoms with Gasteiger partial charge in [-0.05, 0) is 45.7 Å². The van der Waals surface area contributed by atoms with Crippen LogP contribution in [0.5, 0.6) is 0 Å². The molecule has 0 saturated heterocycles. The Hall–Kier alpha value is -0.120. The lowest BCUT2D eigenvalue weighted by atomic mass is 9.83. The van der Waals surface area contributed by atoms with E-state index in [1.54, 1.807) is 0 Å². The van der Waals surface area contributed by atoms with Gasteiger partial charge in [0.2, 0.25) is 0 Å². The normalized spacial score (nSPS) is 30.4. The van der Waals surface area contributed by atoms with Crippen molar-refractivity contribution >= 4 is 0 Å². The monoisotopic (exact) mass is 228 g/mol. The topological polar surface area (TPSA) is 49.5 Å². The number of hydrogen-bond donors (Lipinski definition) is 2. The molecule has 3 unspecified atom stereocenters. The molecule has 0 bridgehead atoms. The van der Waals surface area contributed by atoms with Crippen LogP contribution < -0.4 is 5.73 Å². The van der Waals surface area contributed by atoms with Gasteiger partial charge in [0.25, 0.3) is 0 Å². The molecule has 0 radical (unpaired) electrons. The summed E-state index contributed by atoms with van der Waals surface area (Å²) >= 11 is 0. The molecule has 0 aromatic heterocycles. The summed E-state index contributed by atoms with van der Waals surface area (Å²) in [5.74, 6) is 0.617. The molecule has 16 heavy (non-hydrogen) atoms. The highest BCUT2D eigenvalue weighted by Crippen LogP contribution is 2.28. The number of hydrogen-bond acceptors (Lipinski definition) is 3. The number of nitrogens with two attached hydrogens (primary N) is 1. The van der Waals surface area contributed by atoms with E-state index in [-0.39, 0.29) is 0 Å². The average molecular weight is 228 g/mol. The molecule has 3 atom stereocenters. The van der Waals surface area contributed by atoms with Gasteiger partial charge in [-0.3, -0.25) is 0 Å². The highest BCUT2D eigenvalue weighted by Gasteiger charge is 2.30. The Labute approximate surface area is 100 Å². The second-order valence-corrected chi connectivity index (χ2v) is 5.61. The fraction of sp³-hybridized carbons (Fsp3) is 1.00. The van der Waals surface area contributed by atoms with Crippen LogP contribution in [0.3, 0.4) is 0 Å². The van der Waals surface area contributed by atoms with Crippen LogP contribution in [0.4, 0.5) is 0 Å². The largest absolute Gasteiger partial charge is 0.389 e. The van der Waals surface area contributed by atoms with Crippen molar-refractivity contribution in [2.75, 3.05) is 20.1 Å². The summed E-state index contributed by atoms with van der Waals surface area (Å²) in [7, 11) is 2.13. The molecule has 0 heterocycles. The van der Waals surface area contributed by atoms with Crippen molar-refractivity contribution in [1.82, 2.24) is 4.90 Å². The quantitative estimate of drug-likeness (QED) is 0.751. The van der Waals surface area contributed by atoms with Crippen molar-refractivity contribution in [2.45, 2.75) is 57.6 Å². The van der Waals surface area contributed by atoms with Gasteiger partial charge in [-0.25, -0.2) is 0 Å². The molecule has 96 valence electrons. The maximum atomic E-state index is 10.1. The molecule has 1 aliphatic carbocycles. The number of likely N-dealkylation sites (N-methyl/N-ethyl adjacent to an activating group) is 1. The molecule has 0 aromatic carbocycles. The molecule has 1 rings (SSSR count). The summed E-state index contributed by atoms with van der Waals surface area (Å²) < 4.78 is 0. The van der Waals surface area contributed by atoms with E-state index in [1.807, 2.05) is 13.8 Å². The van der Waals surface area contributed by atoms with E-state index in [0.717, 1.165) is 19.5 Å². The lowest BCUT2D eigenvalue weighted by Crippen LogP contribution is -2.48. The third-order valence-electron chi connectivity index (χ3n) is 4.09. The third kappa shape index (κ3) is 3.72. The minimum Gasteiger partial charge on any atom is -0.389 e. The van der Waals surface area contributed by atoms with Crippen molar-refractivity contribution in [3.05, 3.63) is 0 Å². The van der Waals surface area contributed by atoms with Crippen LogP contribution in [0, 0.1) is 5.92 Å². The van der Waals surface area contributed by atoms with E-state index >= 15 is 0 Å². The van der Waals surface area contributed by atoms with E-state index in [1.165, 1.54) is 25.7 Å². The molecular weight excluding hydrogens is 200 g/mol. The summed E-state index contributed by atoms with van der Waals surface area (Å²) in [6.45, 7) is 5.49. The third-order valence-corrected chi connectivity index (χ3v) is 4.09. The highest BCUT2D eigenvalue weighted by atomic mass is 16.3. The lowest BCUT2D eigenvalue weighted by Gasteiger charge is -2.40. The molecule has 0 aliphatic heterocycles. The van der Waals surface area contributed by atoms with Crippen molar-refractivity contribution < 1.29 is 5.11 Å². The van der Waals surface area contributed by atoms with E-state index in [9.17, 15) is 5.11 Å². The van der Waals surface area contributed by atoms with Gasteiger partial charge in [0.1, 0.15) is 0 Å². The molecule has 1 fully saturated rings. The van der Waals surface area contributed by atoms with Crippen LogP contribution in [-0.2, 0) is 0 Å². The van der Waals surface area contributed by atoms with Crippen LogP contribution in [0.15, 0.2) is 0 Å². The molecule has 3 heteroatoms. The predicted molar refractivity (Wildman–Crippen MR) is 68.3 cm³/mol. The van der Waals surface area contributed by atoms with E-state index in [2.05, 4.69) is 11.9 Å². The predicted octanol–water partition coefficient (Wildman–Crippen LogP) is 1.60. The lowest BCUT2D eigenvalue weighted by molar-refractivity contribution is -0.00205. The van der Waals surface area contributed by atoms with Crippen molar-refractivity contribution in [2.24, 2.45) is 11.7 Å². The molecule has 3 N–H and O–H groups in total. The van der Waals surface area contributed by atoms with Crippen LogP contribution in [0.1, 0.15) is 46.0 Å². The number of aliphatic hydroxyl groups is 1. The molecule has 0 amide bonds. The molecule has 1 aliphatic rings. The van der Waals surface area contributed by atoms with Gasteiger partial charge in [-0.2, -0.15) is 0 Å². The smallest absolute Gasteiger partial charge is 0.0743 e. The maximum Gasteiger partial charge on any atom is 0.0743 e. The second kappa shape index (κ2) is 5.99. The van der Waals surface area contributed by atoms with Crippen molar-refractivity contribution in [3.63, 3.8) is 0 Å². The van der Waals surface area contributed by atoms with Gasteiger partial charge in [-0.15, -0.1) is 0 Å². The fourth-order valence-electron chi connectivity index (χ4n) is 2.81. The van der Waals surface area contributed by atoms with Gasteiger partial charge >= 0.3 is 0 Å². The summed E-state index contributed by atoms with van der Waals surface area (Å²) in [6, 6.07) is 0.566. The van der Waals surface area contributed by atoms with Crippen LogP contribution in [0.25, 0.3) is 0 Å². The Balaban J connectivity index is 2.53. The average Bonchev–Trinajstić information content (AvgIpc) is 2.28. The van der Waals surface area contributed by atoms with Gasteiger partial charge in [0, 0.05) is 12.6 Å². The zero-order valence-corrected chi connectivity index (χ0v) is 11.1. The second-order valence-electron chi connectivity index (χ2n) is 5.61. The van der Waals surface area contributed by atoms with Gasteiger partial charge in [0.05, 0.1) is 5.60 Å². The first-order valence-electron chi connectivity index (χ1n) is 6.63. The Morgan fingerprint density at radius 2 is 2.00 bits per heavy atom. The van der Waals surface area contributed by atoms with E-state index in [0.29, 0.717) is 12.0 Å². The summed E-state index contributed by atoms with van der Waals surface area (Å²) in [6.07, 6.45) is 5.91. The van der Waals surface area contributed by atoms with Gasteiger partial charge in [-0.1, -0.05) is 19.8 Å². The Bertz CT molecular complexity index is 206. The Morgan fingerprint density at radius 3 is 2.56 bits per heavy atom. The summed E-state index contributed by atoms with van der Waals surface area (Å²) in [5, 5.41) is 10.1. The number of nitrogens with zero attached hydrogens (tertiary/aromatic N) is 1. The summed E-state index contributed by atoms with van der Waals surface area (Å²) in [5.41, 5.74) is 5.27. The van der Waals surface area contributed by atoms with Crippen LogP contribution in [0.2, 0.25) is 0 Å². The maximum absolute atomic E-state index is 10.1. The highest BCUT2D eigenvalue weighted by molar-refractivity contribution is 4.85. The molecule has 0 aromatic rings. The zero-order valence-electron chi connectivity index (χ0n) is 11.1. The Morgan fingerprint density at radius 1 is 1.38 bits per heavy atom. The fourth-order valence-corrected chi connectivity index (χ4v) is 2.81. The first kappa shape index (κ1) is 13.9. The molecule has 0 spiro atoms. The van der Waals surface area contributed by atoms with Gasteiger partial charge < -0.3 is 15.7 Å². The number of rotatable bonds is 5. The minimum atomic E-state index is -0.564. The molecule has 1 saturated carbocycles. The SMILES string of the molecule is CCC(C)(O)CN(C)C1CCCCC1CN. The molecular formula is C13H28N2O. The molecule has 3 nitrogen and oxygen atoms in total. The summed E-state index contributed by atoms with van der Waals surface area (Å²) in [4.78, 5) is 2.32. The Kier molecular flexibility index (Phi) is 5.22. The first-order chi connectivity index (χ1) is 7.50. The minimum absolute atomic E-state index is 0.564. The first-order valence-corrected chi connectivity index (χ1v) is 6.63. The van der Waals surface area contributed by atoms with Gasteiger partial charge in [0.15, 0.2) is 0 Å². The van der Waals surface area contributed by atoms with E-state index in [4.69, 9.17) is 5.73 Å². The van der Waals surface area contributed by atoms with Crippen LogP contribution in [-0.4, -0.2) is 41.8 Å². The standard InChI is InChI=1S/C13H28N2O/c1-4-13(2,16)10-15(3)12-8-6-5-7-11(12)9-14/h11-12,16H,4-10,14H2,1-3H3. The van der Waals surface area contributed by atoms with E-state index < -0.39 is 5.60 Å². The van der Waals surface area contributed by atoms with Crippen molar-refractivity contribution in [3.8, 4) is 0 Å².